The standard InChI is InChI=1S/C54H33NO2/c1-2-13-34(14-3-1)35-25-28-39(29-26-35)55(49-23-12-22-45-44-21-10-11-24-51(44)56-53(45)49)50-33-38(47-31-37-16-5-6-17-40(37)42-19-8-9-20-43(42)47)32-48-46-30-27-36-15-4-7-18-41(36)52(46)57-54(48)50/h1-33H. The first-order valence-corrected chi connectivity index (χ1v) is 19.4. The zero-order valence-electron chi connectivity index (χ0n) is 30.8. The van der Waals surface area contributed by atoms with Crippen LogP contribution in [-0.4, -0.2) is 0 Å². The fourth-order valence-corrected chi connectivity index (χ4v) is 8.95. The number of benzene rings is 10. The van der Waals surface area contributed by atoms with Gasteiger partial charge < -0.3 is 13.7 Å². The van der Waals surface area contributed by atoms with Gasteiger partial charge in [0, 0.05) is 32.6 Å². The quantitative estimate of drug-likeness (QED) is 0.165. The summed E-state index contributed by atoms with van der Waals surface area (Å²) in [5.74, 6) is 0. The highest BCUT2D eigenvalue weighted by atomic mass is 16.3. The Bertz CT molecular complexity index is 3520. The number of nitrogens with zero attached hydrogens (tertiary/aromatic N) is 1. The lowest BCUT2D eigenvalue weighted by Gasteiger charge is -2.26. The second-order valence-corrected chi connectivity index (χ2v) is 14.8. The summed E-state index contributed by atoms with van der Waals surface area (Å²) in [7, 11) is 0. The Morgan fingerprint density at radius 3 is 1.77 bits per heavy atom. The molecule has 0 atom stereocenters. The number of rotatable bonds is 5. The van der Waals surface area contributed by atoms with Crippen molar-refractivity contribution in [3.8, 4) is 22.3 Å². The van der Waals surface area contributed by atoms with Crippen molar-refractivity contribution in [2.45, 2.75) is 0 Å². The summed E-state index contributed by atoms with van der Waals surface area (Å²) in [4.78, 5) is 2.33. The topological polar surface area (TPSA) is 29.5 Å². The van der Waals surface area contributed by atoms with Gasteiger partial charge >= 0.3 is 0 Å². The lowest BCUT2D eigenvalue weighted by molar-refractivity contribution is 0.667. The molecule has 0 aliphatic rings. The fourth-order valence-electron chi connectivity index (χ4n) is 8.95. The van der Waals surface area contributed by atoms with Crippen LogP contribution in [0.4, 0.5) is 17.1 Å². The highest BCUT2D eigenvalue weighted by Gasteiger charge is 2.25. The van der Waals surface area contributed by atoms with Crippen LogP contribution in [0.3, 0.4) is 0 Å². The summed E-state index contributed by atoms with van der Waals surface area (Å²) in [5.41, 5.74) is 10.8. The molecule has 266 valence electrons. The SMILES string of the molecule is c1ccc(-c2ccc(N(c3cccc4c3oc3ccccc34)c3cc(-c4cc5ccccc5c5ccccc45)cc4c3oc3c5ccccc5ccc43)cc2)cc1. The molecule has 3 heteroatoms. The number of anilines is 3. The second kappa shape index (κ2) is 12.5. The van der Waals surface area contributed by atoms with Crippen molar-refractivity contribution in [2.24, 2.45) is 0 Å². The number of furan rings is 2. The predicted molar refractivity (Wildman–Crippen MR) is 239 cm³/mol. The summed E-state index contributed by atoms with van der Waals surface area (Å²) in [6.07, 6.45) is 0. The van der Waals surface area contributed by atoms with Crippen LogP contribution in [-0.2, 0) is 0 Å². The maximum atomic E-state index is 7.16. The van der Waals surface area contributed by atoms with Crippen LogP contribution in [0.25, 0.3) is 98.4 Å². The minimum atomic E-state index is 0.815. The lowest BCUT2D eigenvalue weighted by atomic mass is 9.92. The molecule has 0 saturated carbocycles. The Morgan fingerprint density at radius 2 is 0.930 bits per heavy atom. The van der Waals surface area contributed by atoms with Crippen LogP contribution >= 0.6 is 0 Å². The van der Waals surface area contributed by atoms with E-state index >= 15 is 0 Å². The third-order valence-corrected chi connectivity index (χ3v) is 11.6. The van der Waals surface area contributed by atoms with Crippen molar-refractivity contribution in [3.63, 3.8) is 0 Å². The minimum absolute atomic E-state index is 0.815. The van der Waals surface area contributed by atoms with Gasteiger partial charge in [0.2, 0.25) is 0 Å². The van der Waals surface area contributed by atoms with Gasteiger partial charge in [0.05, 0.1) is 11.4 Å². The molecular formula is C54H33NO2. The summed E-state index contributed by atoms with van der Waals surface area (Å²) >= 11 is 0. The van der Waals surface area contributed by atoms with E-state index in [0.717, 1.165) is 82.8 Å². The van der Waals surface area contributed by atoms with Crippen LogP contribution < -0.4 is 4.90 Å². The van der Waals surface area contributed by atoms with Crippen molar-refractivity contribution in [1.82, 2.24) is 0 Å². The maximum absolute atomic E-state index is 7.16. The van der Waals surface area contributed by atoms with Gasteiger partial charge in [-0.3, -0.25) is 0 Å². The number of hydrogen-bond acceptors (Lipinski definition) is 3. The van der Waals surface area contributed by atoms with Crippen LogP contribution in [0.15, 0.2) is 209 Å². The zero-order valence-corrected chi connectivity index (χ0v) is 30.8. The van der Waals surface area contributed by atoms with Gasteiger partial charge in [-0.05, 0) is 97.7 Å². The Hall–Kier alpha value is -7.62. The van der Waals surface area contributed by atoms with Gasteiger partial charge in [-0.25, -0.2) is 0 Å². The predicted octanol–water partition coefficient (Wildman–Crippen LogP) is 15.7. The van der Waals surface area contributed by atoms with Gasteiger partial charge in [-0.15, -0.1) is 0 Å². The summed E-state index contributed by atoms with van der Waals surface area (Å²) < 4.78 is 13.9. The molecule has 0 bridgehead atoms. The first-order chi connectivity index (χ1) is 28.3. The first kappa shape index (κ1) is 31.7. The van der Waals surface area contributed by atoms with E-state index < -0.39 is 0 Å². The Morgan fingerprint density at radius 1 is 0.298 bits per heavy atom. The molecule has 0 spiro atoms. The van der Waals surface area contributed by atoms with E-state index in [4.69, 9.17) is 8.83 Å². The minimum Gasteiger partial charge on any atom is -0.454 e. The van der Waals surface area contributed by atoms with Gasteiger partial charge in [-0.1, -0.05) is 152 Å². The fraction of sp³-hybridized carbons (Fsp3) is 0. The third-order valence-electron chi connectivity index (χ3n) is 11.6. The van der Waals surface area contributed by atoms with Crippen molar-refractivity contribution < 1.29 is 8.83 Å². The number of hydrogen-bond donors (Lipinski definition) is 0. The molecule has 12 aromatic rings. The number of fused-ring (bicyclic) bond motifs is 11. The maximum Gasteiger partial charge on any atom is 0.159 e. The van der Waals surface area contributed by atoms with Gasteiger partial charge in [0.25, 0.3) is 0 Å². The molecule has 0 fully saturated rings. The molecule has 0 saturated heterocycles. The van der Waals surface area contributed by atoms with Crippen molar-refractivity contribution in [3.05, 3.63) is 200 Å². The number of para-hydroxylation sites is 2. The van der Waals surface area contributed by atoms with Crippen LogP contribution in [0, 0.1) is 0 Å². The van der Waals surface area contributed by atoms with Crippen molar-refractivity contribution >= 4 is 93.3 Å². The largest absolute Gasteiger partial charge is 0.454 e. The zero-order chi connectivity index (χ0) is 37.5. The second-order valence-electron chi connectivity index (χ2n) is 14.8. The molecule has 10 aromatic carbocycles. The van der Waals surface area contributed by atoms with E-state index in [1.54, 1.807) is 0 Å². The average Bonchev–Trinajstić information content (AvgIpc) is 3.86. The molecular weight excluding hydrogens is 695 g/mol. The highest BCUT2D eigenvalue weighted by molar-refractivity contribution is 6.21. The third kappa shape index (κ3) is 4.92. The monoisotopic (exact) mass is 727 g/mol. The van der Waals surface area contributed by atoms with Gasteiger partial charge in [0.1, 0.15) is 11.2 Å². The van der Waals surface area contributed by atoms with Gasteiger partial charge in [-0.2, -0.15) is 0 Å². The summed E-state index contributed by atoms with van der Waals surface area (Å²) in [6.45, 7) is 0. The Balaban J connectivity index is 1.21. The van der Waals surface area contributed by atoms with E-state index in [1.807, 2.05) is 12.1 Å². The molecule has 0 aliphatic heterocycles. The molecule has 3 nitrogen and oxygen atoms in total. The molecule has 12 rings (SSSR count). The van der Waals surface area contributed by atoms with E-state index in [9.17, 15) is 0 Å². The summed E-state index contributed by atoms with van der Waals surface area (Å²) in [5, 5.41) is 11.4. The first-order valence-electron chi connectivity index (χ1n) is 19.4. The van der Waals surface area contributed by atoms with Crippen LogP contribution in [0.2, 0.25) is 0 Å². The molecule has 0 aliphatic carbocycles. The molecule has 57 heavy (non-hydrogen) atoms. The molecule has 0 N–H and O–H groups in total. The van der Waals surface area contributed by atoms with Gasteiger partial charge in [0.15, 0.2) is 11.2 Å². The Labute approximate surface area is 328 Å². The molecule has 0 radical (unpaired) electrons. The summed E-state index contributed by atoms with van der Waals surface area (Å²) in [6, 6.07) is 71.5. The van der Waals surface area contributed by atoms with E-state index in [0.29, 0.717) is 0 Å². The van der Waals surface area contributed by atoms with Crippen LogP contribution in [0.5, 0.6) is 0 Å². The van der Waals surface area contributed by atoms with E-state index in [2.05, 4.69) is 193 Å². The van der Waals surface area contributed by atoms with E-state index in [-0.39, 0.29) is 0 Å². The molecule has 2 heterocycles. The Kier molecular flexibility index (Phi) is 6.93. The van der Waals surface area contributed by atoms with Crippen molar-refractivity contribution in [1.29, 1.82) is 0 Å². The highest BCUT2D eigenvalue weighted by Crippen LogP contribution is 2.49. The smallest absolute Gasteiger partial charge is 0.159 e. The average molecular weight is 728 g/mol. The van der Waals surface area contributed by atoms with E-state index in [1.165, 1.54) is 32.7 Å². The molecule has 0 unspecified atom stereocenters. The molecule has 2 aromatic heterocycles. The molecule has 0 amide bonds. The van der Waals surface area contributed by atoms with Crippen molar-refractivity contribution in [2.75, 3.05) is 4.90 Å². The van der Waals surface area contributed by atoms with Crippen LogP contribution in [0.1, 0.15) is 0 Å². The lowest BCUT2D eigenvalue weighted by Crippen LogP contribution is -2.11. The normalized spacial score (nSPS) is 11.9.